The van der Waals surface area contributed by atoms with E-state index >= 15 is 0 Å². The van der Waals surface area contributed by atoms with Crippen LogP contribution in [-0.4, -0.2) is 36.2 Å². The quantitative estimate of drug-likeness (QED) is 0.529. The summed E-state index contributed by atoms with van der Waals surface area (Å²) in [6.45, 7) is 4.31. The second-order valence-electron chi connectivity index (χ2n) is 5.19. The van der Waals surface area contributed by atoms with Crippen molar-refractivity contribution >= 4 is 34.2 Å². The zero-order valence-electron chi connectivity index (χ0n) is 14.9. The molecule has 7 nitrogen and oxygen atoms in total. The van der Waals surface area contributed by atoms with Crippen LogP contribution in [-0.2, 0) is 14.3 Å². The average Bonchev–Trinajstić information content (AvgIpc) is 3.04. The third-order valence-electron chi connectivity index (χ3n) is 3.36. The zero-order valence-corrected chi connectivity index (χ0v) is 15.7. The van der Waals surface area contributed by atoms with Gasteiger partial charge in [-0.1, -0.05) is 12.1 Å². The summed E-state index contributed by atoms with van der Waals surface area (Å²) >= 11 is 1.16. The molecular weight excluding hydrogens is 370 g/mol. The van der Waals surface area contributed by atoms with Crippen LogP contribution in [0.15, 0.2) is 41.8 Å². The molecule has 0 bridgehead atoms. The van der Waals surface area contributed by atoms with Crippen molar-refractivity contribution in [3.8, 4) is 16.9 Å². The molecule has 1 aromatic carbocycles. The van der Waals surface area contributed by atoms with Crippen LogP contribution in [0.5, 0.6) is 5.75 Å². The van der Waals surface area contributed by atoms with Crippen molar-refractivity contribution in [1.82, 2.24) is 0 Å². The highest BCUT2D eigenvalue weighted by Crippen LogP contribution is 2.36. The first-order valence-electron chi connectivity index (χ1n) is 8.20. The fourth-order valence-corrected chi connectivity index (χ4v) is 3.23. The van der Waals surface area contributed by atoms with E-state index in [1.54, 1.807) is 24.4 Å². The summed E-state index contributed by atoms with van der Waals surface area (Å²) in [5, 5.41) is 13.2. The monoisotopic (exact) mass is 389 g/mol. The number of carboxylic acid groups (broad SMARTS) is 1. The number of nitrogens with one attached hydrogen (secondary N) is 1. The number of ether oxygens (including phenoxy) is 2. The van der Waals surface area contributed by atoms with E-state index in [1.807, 2.05) is 19.1 Å². The Morgan fingerprint density at radius 1 is 1.11 bits per heavy atom. The Hall–Kier alpha value is -3.13. The summed E-state index contributed by atoms with van der Waals surface area (Å²) in [5.41, 5.74) is 1.60. The van der Waals surface area contributed by atoms with Gasteiger partial charge in [-0.2, -0.15) is 0 Å². The predicted octanol–water partition coefficient (Wildman–Crippen LogP) is 3.57. The first kappa shape index (κ1) is 20.2. The summed E-state index contributed by atoms with van der Waals surface area (Å²) < 4.78 is 10.5. The van der Waals surface area contributed by atoms with Gasteiger partial charge in [-0.05, 0) is 31.5 Å². The smallest absolute Gasteiger partial charge is 0.341 e. The van der Waals surface area contributed by atoms with Crippen molar-refractivity contribution in [1.29, 1.82) is 0 Å². The Morgan fingerprint density at radius 2 is 1.81 bits per heavy atom. The number of hydrogen-bond donors (Lipinski definition) is 2. The number of aliphatic carboxylic acids is 1. The van der Waals surface area contributed by atoms with Crippen molar-refractivity contribution in [2.45, 2.75) is 13.8 Å². The second-order valence-corrected chi connectivity index (χ2v) is 6.07. The number of esters is 1. The lowest BCUT2D eigenvalue weighted by Crippen LogP contribution is -2.13. The lowest BCUT2D eigenvalue weighted by molar-refractivity contribution is -0.131. The number of amides is 1. The summed E-state index contributed by atoms with van der Waals surface area (Å²) in [6, 6.07) is 7.20. The van der Waals surface area contributed by atoms with Crippen molar-refractivity contribution in [2.24, 2.45) is 0 Å². The second kappa shape index (κ2) is 9.54. The van der Waals surface area contributed by atoms with Crippen LogP contribution in [0.1, 0.15) is 24.2 Å². The van der Waals surface area contributed by atoms with Gasteiger partial charge >= 0.3 is 11.9 Å². The van der Waals surface area contributed by atoms with Gasteiger partial charge in [0.25, 0.3) is 0 Å². The molecule has 0 unspecified atom stereocenters. The Bertz CT molecular complexity index is 854. The number of carbonyl (C=O) groups excluding carboxylic acids is 2. The van der Waals surface area contributed by atoms with E-state index in [-0.39, 0.29) is 17.2 Å². The van der Waals surface area contributed by atoms with E-state index in [0.29, 0.717) is 17.9 Å². The summed E-state index contributed by atoms with van der Waals surface area (Å²) in [6.07, 6.45) is 1.61. The molecule has 1 aromatic heterocycles. The number of hydrogen-bond acceptors (Lipinski definition) is 6. The number of anilines is 1. The van der Waals surface area contributed by atoms with Gasteiger partial charge in [0.1, 0.15) is 16.3 Å². The zero-order chi connectivity index (χ0) is 19.8. The number of benzene rings is 1. The molecule has 2 N–H and O–H groups in total. The van der Waals surface area contributed by atoms with E-state index in [0.717, 1.165) is 29.1 Å². The summed E-state index contributed by atoms with van der Waals surface area (Å²) in [7, 11) is 0. The van der Waals surface area contributed by atoms with E-state index < -0.39 is 17.8 Å². The molecule has 2 aromatic rings. The van der Waals surface area contributed by atoms with Crippen LogP contribution in [0, 0.1) is 0 Å². The van der Waals surface area contributed by atoms with Gasteiger partial charge in [0.05, 0.1) is 13.2 Å². The fourth-order valence-electron chi connectivity index (χ4n) is 2.27. The van der Waals surface area contributed by atoms with E-state index in [9.17, 15) is 14.4 Å². The molecule has 27 heavy (non-hydrogen) atoms. The minimum Gasteiger partial charge on any atom is -0.494 e. The molecule has 2 rings (SSSR count). The minimum atomic E-state index is -1.24. The van der Waals surface area contributed by atoms with Crippen LogP contribution in [0.4, 0.5) is 5.00 Å². The van der Waals surface area contributed by atoms with Gasteiger partial charge in [0.2, 0.25) is 5.91 Å². The maximum atomic E-state index is 12.4. The number of carboxylic acids is 1. The van der Waals surface area contributed by atoms with Crippen molar-refractivity contribution in [2.75, 3.05) is 18.5 Å². The van der Waals surface area contributed by atoms with Gasteiger partial charge < -0.3 is 19.9 Å². The standard InChI is InChI=1S/C19H19NO6S/c1-3-25-13-7-5-12(6-8-13)14-11-27-18(17(14)19(24)26-4-2)20-15(21)9-10-16(22)23/h5-11H,3-4H2,1-2H3,(H,20,21)(H,22,23). The largest absolute Gasteiger partial charge is 0.494 e. The lowest BCUT2D eigenvalue weighted by Gasteiger charge is -2.09. The lowest BCUT2D eigenvalue weighted by atomic mass is 10.0. The molecule has 0 atom stereocenters. The topological polar surface area (TPSA) is 102 Å². The Labute approximate surface area is 160 Å². The highest BCUT2D eigenvalue weighted by molar-refractivity contribution is 7.15. The highest BCUT2D eigenvalue weighted by Gasteiger charge is 2.22. The van der Waals surface area contributed by atoms with Crippen LogP contribution in [0.3, 0.4) is 0 Å². The first-order valence-corrected chi connectivity index (χ1v) is 9.08. The average molecular weight is 389 g/mol. The molecular formula is C19H19NO6S. The molecule has 0 saturated heterocycles. The molecule has 142 valence electrons. The SMILES string of the molecule is CCOC(=O)c1c(-c2ccc(OCC)cc2)csc1NC(=O)C=CC(=O)O. The predicted molar refractivity (Wildman–Crippen MR) is 102 cm³/mol. The molecule has 0 spiro atoms. The number of carbonyl (C=O) groups is 3. The molecule has 1 heterocycles. The minimum absolute atomic E-state index is 0.184. The molecule has 0 aliphatic rings. The van der Waals surface area contributed by atoms with Crippen LogP contribution < -0.4 is 10.1 Å². The maximum Gasteiger partial charge on any atom is 0.341 e. The molecule has 1 amide bonds. The van der Waals surface area contributed by atoms with Crippen molar-refractivity contribution in [3.05, 3.63) is 47.4 Å². The molecule has 0 aliphatic heterocycles. The van der Waals surface area contributed by atoms with Gasteiger partial charge in [0, 0.05) is 23.1 Å². The summed E-state index contributed by atoms with van der Waals surface area (Å²) in [4.78, 5) is 34.9. The first-order chi connectivity index (χ1) is 13.0. The summed E-state index contributed by atoms with van der Waals surface area (Å²) in [5.74, 6) is -1.75. The third kappa shape index (κ3) is 5.42. The molecule has 8 heteroatoms. The van der Waals surface area contributed by atoms with Gasteiger partial charge in [-0.3, -0.25) is 4.79 Å². The van der Waals surface area contributed by atoms with Crippen LogP contribution >= 0.6 is 11.3 Å². The fraction of sp³-hybridized carbons (Fsp3) is 0.211. The molecule has 0 aliphatic carbocycles. The van der Waals surface area contributed by atoms with E-state index in [2.05, 4.69) is 5.32 Å². The molecule has 0 fully saturated rings. The maximum absolute atomic E-state index is 12.4. The number of thiophene rings is 1. The van der Waals surface area contributed by atoms with Gasteiger partial charge in [0.15, 0.2) is 0 Å². The van der Waals surface area contributed by atoms with Crippen molar-refractivity contribution < 1.29 is 29.0 Å². The van der Waals surface area contributed by atoms with Gasteiger partial charge in [-0.15, -0.1) is 11.3 Å². The van der Waals surface area contributed by atoms with Crippen molar-refractivity contribution in [3.63, 3.8) is 0 Å². The van der Waals surface area contributed by atoms with Gasteiger partial charge in [-0.25, -0.2) is 9.59 Å². The van der Waals surface area contributed by atoms with E-state index in [1.165, 1.54) is 0 Å². The Kier molecular flexibility index (Phi) is 7.13. The Morgan fingerprint density at radius 3 is 2.41 bits per heavy atom. The molecule has 0 saturated carbocycles. The normalized spacial score (nSPS) is 10.6. The Balaban J connectivity index is 2.37. The highest BCUT2D eigenvalue weighted by atomic mass is 32.1. The van der Waals surface area contributed by atoms with Crippen LogP contribution in [0.2, 0.25) is 0 Å². The van der Waals surface area contributed by atoms with Crippen LogP contribution in [0.25, 0.3) is 11.1 Å². The number of rotatable bonds is 8. The third-order valence-corrected chi connectivity index (χ3v) is 4.26. The molecule has 0 radical (unpaired) electrons. The van der Waals surface area contributed by atoms with E-state index in [4.69, 9.17) is 14.6 Å².